The number of nitrogens with one attached hydrogen (secondary N) is 1. The summed E-state index contributed by atoms with van der Waals surface area (Å²) in [6.07, 6.45) is 0. The second-order valence-corrected chi connectivity index (χ2v) is 5.43. The van der Waals surface area contributed by atoms with Crippen LogP contribution in [0, 0.1) is 6.92 Å². The summed E-state index contributed by atoms with van der Waals surface area (Å²) in [5, 5.41) is 1.71. The molecule has 0 unspecified atom stereocenters. The third-order valence-corrected chi connectivity index (χ3v) is 3.34. The summed E-state index contributed by atoms with van der Waals surface area (Å²) in [6.45, 7) is 2.01. The highest BCUT2D eigenvalue weighted by Crippen LogP contribution is 2.27. The molecule has 0 aliphatic heterocycles. The average Bonchev–Trinajstić information content (AvgIpc) is 2.77. The summed E-state index contributed by atoms with van der Waals surface area (Å²) in [4.78, 5) is 14.5. The Morgan fingerprint density at radius 3 is 2.65 bits per heavy atom. The van der Waals surface area contributed by atoms with E-state index in [4.69, 9.17) is 11.6 Å². The van der Waals surface area contributed by atoms with E-state index in [1.807, 2.05) is 50.2 Å². The number of H-pyrrole nitrogens is 1. The van der Waals surface area contributed by atoms with E-state index < -0.39 is 0 Å². The summed E-state index contributed by atoms with van der Waals surface area (Å²) in [5.41, 5.74) is 2.83. The summed E-state index contributed by atoms with van der Waals surface area (Å²) in [5.74, 6) is 1.57. The Morgan fingerprint density at radius 1 is 1.15 bits per heavy atom. The summed E-state index contributed by atoms with van der Waals surface area (Å²) >= 11 is 6.05. The zero-order valence-corrected chi connectivity index (χ0v) is 12.4. The lowest BCUT2D eigenvalue weighted by molar-refractivity contribution is 1.06. The van der Waals surface area contributed by atoms with Crippen molar-refractivity contribution in [3.05, 3.63) is 41.0 Å². The van der Waals surface area contributed by atoms with Crippen LogP contribution in [0.3, 0.4) is 0 Å². The number of aryl methyl sites for hydroxylation is 1. The molecule has 2 heterocycles. The quantitative estimate of drug-likeness (QED) is 0.782. The van der Waals surface area contributed by atoms with E-state index in [1.54, 1.807) is 0 Å². The molecule has 20 heavy (non-hydrogen) atoms. The minimum atomic E-state index is 0.672. The van der Waals surface area contributed by atoms with Gasteiger partial charge >= 0.3 is 0 Å². The van der Waals surface area contributed by atoms with E-state index in [0.29, 0.717) is 10.8 Å². The van der Waals surface area contributed by atoms with E-state index in [2.05, 4.69) is 21.0 Å². The zero-order valence-electron chi connectivity index (χ0n) is 11.6. The van der Waals surface area contributed by atoms with Crippen LogP contribution in [-0.4, -0.2) is 29.0 Å². The summed E-state index contributed by atoms with van der Waals surface area (Å²) in [6, 6.07) is 9.64. The Balaban J connectivity index is 2.26. The van der Waals surface area contributed by atoms with Gasteiger partial charge in [0.05, 0.1) is 5.39 Å². The van der Waals surface area contributed by atoms with Crippen LogP contribution in [0.2, 0.25) is 5.02 Å². The smallest absolute Gasteiger partial charge is 0.163 e. The molecule has 0 radical (unpaired) electrons. The average molecular weight is 287 g/mol. The number of rotatable bonds is 2. The molecule has 102 valence electrons. The molecule has 0 bridgehead atoms. The highest BCUT2D eigenvalue weighted by atomic mass is 35.5. The number of halogens is 1. The Labute approximate surface area is 122 Å². The van der Waals surface area contributed by atoms with Gasteiger partial charge in [0.15, 0.2) is 5.82 Å². The molecular formula is C15H15ClN4. The first kappa shape index (κ1) is 12.9. The van der Waals surface area contributed by atoms with Crippen molar-refractivity contribution >= 4 is 28.5 Å². The SMILES string of the molecule is Cc1cc2c(N(C)C)nc(-c3cccc(Cl)c3)nc2[nH]1. The molecule has 1 aromatic carbocycles. The monoisotopic (exact) mass is 286 g/mol. The lowest BCUT2D eigenvalue weighted by atomic mass is 10.2. The van der Waals surface area contributed by atoms with Gasteiger partial charge in [-0.3, -0.25) is 0 Å². The topological polar surface area (TPSA) is 44.8 Å². The highest BCUT2D eigenvalue weighted by molar-refractivity contribution is 6.30. The van der Waals surface area contributed by atoms with Gasteiger partial charge in [-0.05, 0) is 25.1 Å². The zero-order chi connectivity index (χ0) is 14.3. The molecule has 0 aliphatic carbocycles. The number of benzene rings is 1. The van der Waals surface area contributed by atoms with Gasteiger partial charge in [0.2, 0.25) is 0 Å². The molecular weight excluding hydrogens is 272 g/mol. The molecule has 3 aromatic rings. The highest BCUT2D eigenvalue weighted by Gasteiger charge is 2.13. The number of nitrogens with zero attached hydrogens (tertiary/aromatic N) is 3. The number of aromatic nitrogens is 3. The molecule has 0 saturated carbocycles. The van der Waals surface area contributed by atoms with E-state index in [1.165, 1.54) is 0 Å². The minimum Gasteiger partial charge on any atom is -0.362 e. The number of aromatic amines is 1. The van der Waals surface area contributed by atoms with Crippen LogP contribution in [0.1, 0.15) is 5.69 Å². The molecule has 0 saturated heterocycles. The molecule has 5 heteroatoms. The lowest BCUT2D eigenvalue weighted by Crippen LogP contribution is -2.12. The van der Waals surface area contributed by atoms with E-state index in [-0.39, 0.29) is 0 Å². The van der Waals surface area contributed by atoms with Crippen LogP contribution in [0.4, 0.5) is 5.82 Å². The third kappa shape index (κ3) is 2.23. The maximum atomic E-state index is 6.05. The van der Waals surface area contributed by atoms with E-state index in [0.717, 1.165) is 28.1 Å². The second kappa shape index (κ2) is 4.80. The molecule has 3 rings (SSSR count). The van der Waals surface area contributed by atoms with Crippen LogP contribution in [0.25, 0.3) is 22.4 Å². The Bertz CT molecular complexity index is 777. The van der Waals surface area contributed by atoms with E-state index in [9.17, 15) is 0 Å². The molecule has 4 nitrogen and oxygen atoms in total. The third-order valence-electron chi connectivity index (χ3n) is 3.11. The van der Waals surface area contributed by atoms with Gasteiger partial charge in [-0.1, -0.05) is 23.7 Å². The van der Waals surface area contributed by atoms with Crippen molar-refractivity contribution in [3.63, 3.8) is 0 Å². The first-order valence-electron chi connectivity index (χ1n) is 6.35. The van der Waals surface area contributed by atoms with Crippen molar-refractivity contribution in [1.82, 2.24) is 15.0 Å². The van der Waals surface area contributed by atoms with Gasteiger partial charge in [0.1, 0.15) is 11.5 Å². The Morgan fingerprint density at radius 2 is 1.95 bits per heavy atom. The first-order chi connectivity index (χ1) is 9.54. The largest absolute Gasteiger partial charge is 0.362 e. The number of fused-ring (bicyclic) bond motifs is 1. The maximum absolute atomic E-state index is 6.05. The Hall–Kier alpha value is -2.07. The lowest BCUT2D eigenvalue weighted by Gasteiger charge is -2.13. The van der Waals surface area contributed by atoms with Crippen LogP contribution >= 0.6 is 11.6 Å². The molecule has 0 spiro atoms. The predicted octanol–water partition coefficient (Wildman–Crippen LogP) is 3.65. The van der Waals surface area contributed by atoms with Crippen LogP contribution in [0.15, 0.2) is 30.3 Å². The summed E-state index contributed by atoms with van der Waals surface area (Å²) in [7, 11) is 3.96. The maximum Gasteiger partial charge on any atom is 0.163 e. The second-order valence-electron chi connectivity index (χ2n) is 4.99. The van der Waals surface area contributed by atoms with Crippen molar-refractivity contribution < 1.29 is 0 Å². The fourth-order valence-electron chi connectivity index (χ4n) is 2.22. The van der Waals surface area contributed by atoms with Gasteiger partial charge in [-0.15, -0.1) is 0 Å². The van der Waals surface area contributed by atoms with Crippen molar-refractivity contribution in [2.45, 2.75) is 6.92 Å². The van der Waals surface area contributed by atoms with Crippen LogP contribution in [-0.2, 0) is 0 Å². The predicted molar refractivity (Wildman–Crippen MR) is 83.4 cm³/mol. The molecule has 2 aromatic heterocycles. The Kier molecular flexibility index (Phi) is 3.10. The van der Waals surface area contributed by atoms with Crippen molar-refractivity contribution in [2.24, 2.45) is 0 Å². The number of anilines is 1. The van der Waals surface area contributed by atoms with E-state index >= 15 is 0 Å². The molecule has 1 N–H and O–H groups in total. The van der Waals surface area contributed by atoms with Crippen molar-refractivity contribution in [2.75, 3.05) is 19.0 Å². The normalized spacial score (nSPS) is 11.0. The fraction of sp³-hybridized carbons (Fsp3) is 0.200. The van der Waals surface area contributed by atoms with Crippen molar-refractivity contribution in [1.29, 1.82) is 0 Å². The summed E-state index contributed by atoms with van der Waals surface area (Å²) < 4.78 is 0. The standard InChI is InChI=1S/C15H15ClN4/c1-9-7-12-14(17-9)18-13(19-15(12)20(2)3)10-5-4-6-11(16)8-10/h4-8H,1-3H3,(H,17,18,19). The molecule has 0 fully saturated rings. The minimum absolute atomic E-state index is 0.672. The van der Waals surface area contributed by atoms with Gasteiger partial charge in [-0.2, -0.15) is 0 Å². The van der Waals surface area contributed by atoms with Crippen molar-refractivity contribution in [3.8, 4) is 11.4 Å². The number of hydrogen-bond donors (Lipinski definition) is 1. The van der Waals surface area contributed by atoms with Gasteiger partial charge in [0, 0.05) is 30.4 Å². The van der Waals surface area contributed by atoms with Gasteiger partial charge in [-0.25, -0.2) is 9.97 Å². The first-order valence-corrected chi connectivity index (χ1v) is 6.73. The van der Waals surface area contributed by atoms with Gasteiger partial charge in [0.25, 0.3) is 0 Å². The molecule has 0 atom stereocenters. The van der Waals surface area contributed by atoms with Crippen LogP contribution < -0.4 is 4.90 Å². The molecule has 0 aliphatic rings. The number of hydrogen-bond acceptors (Lipinski definition) is 3. The molecule has 0 amide bonds. The van der Waals surface area contributed by atoms with Crippen LogP contribution in [0.5, 0.6) is 0 Å². The fourth-order valence-corrected chi connectivity index (χ4v) is 2.41. The van der Waals surface area contributed by atoms with Gasteiger partial charge < -0.3 is 9.88 Å².